The lowest BCUT2D eigenvalue weighted by molar-refractivity contribution is -0.145. The first kappa shape index (κ1) is 18.4. The van der Waals surface area contributed by atoms with E-state index in [4.69, 9.17) is 5.11 Å². The molecule has 138 valence electrons. The van der Waals surface area contributed by atoms with Crippen molar-refractivity contribution < 1.29 is 19.5 Å². The molecule has 1 aromatic carbocycles. The maximum absolute atomic E-state index is 12.8. The van der Waals surface area contributed by atoms with Crippen LogP contribution in [-0.2, 0) is 9.59 Å². The molecule has 0 spiro atoms. The molecular formula is C19H22N2O4S. The maximum Gasteiger partial charge on any atom is 0.308 e. The zero-order valence-electron chi connectivity index (χ0n) is 14.9. The third kappa shape index (κ3) is 3.72. The SMILES string of the molecule is Cc1ccc2c(C(=O)N(C)CC(=O)N3CCCC(C(=O)O)C3)csc2c1. The lowest BCUT2D eigenvalue weighted by Crippen LogP contribution is -2.46. The largest absolute Gasteiger partial charge is 0.481 e. The fourth-order valence-corrected chi connectivity index (χ4v) is 4.32. The second kappa shape index (κ2) is 7.45. The Morgan fingerprint density at radius 3 is 2.85 bits per heavy atom. The number of benzene rings is 1. The van der Waals surface area contributed by atoms with Crippen molar-refractivity contribution in [1.82, 2.24) is 9.80 Å². The van der Waals surface area contributed by atoms with Gasteiger partial charge in [0.1, 0.15) is 0 Å². The molecule has 1 fully saturated rings. The van der Waals surface area contributed by atoms with E-state index < -0.39 is 11.9 Å². The second-order valence-electron chi connectivity index (χ2n) is 6.83. The quantitative estimate of drug-likeness (QED) is 0.892. The highest BCUT2D eigenvalue weighted by molar-refractivity contribution is 7.17. The summed E-state index contributed by atoms with van der Waals surface area (Å²) in [5, 5.41) is 11.9. The predicted octanol–water partition coefficient (Wildman–Crippen LogP) is 2.60. The van der Waals surface area contributed by atoms with Gasteiger partial charge in [-0.25, -0.2) is 0 Å². The number of rotatable bonds is 4. The van der Waals surface area contributed by atoms with Crippen molar-refractivity contribution in [3.05, 3.63) is 34.7 Å². The number of carbonyl (C=O) groups is 3. The molecule has 0 saturated carbocycles. The van der Waals surface area contributed by atoms with E-state index >= 15 is 0 Å². The minimum atomic E-state index is -0.869. The molecule has 1 aliphatic heterocycles. The van der Waals surface area contributed by atoms with E-state index in [0.29, 0.717) is 24.9 Å². The average Bonchev–Trinajstić information content (AvgIpc) is 3.03. The van der Waals surface area contributed by atoms with Crippen LogP contribution in [0.3, 0.4) is 0 Å². The number of likely N-dealkylation sites (tertiary alicyclic amines) is 1. The van der Waals surface area contributed by atoms with Gasteiger partial charge in [0.15, 0.2) is 0 Å². The number of carboxylic acids is 1. The van der Waals surface area contributed by atoms with Crippen LogP contribution < -0.4 is 0 Å². The average molecular weight is 374 g/mol. The van der Waals surface area contributed by atoms with Crippen LogP contribution in [0.4, 0.5) is 0 Å². The number of amides is 2. The summed E-state index contributed by atoms with van der Waals surface area (Å²) in [6.07, 6.45) is 1.27. The van der Waals surface area contributed by atoms with E-state index in [1.54, 1.807) is 11.9 Å². The molecule has 0 aliphatic carbocycles. The van der Waals surface area contributed by atoms with Gasteiger partial charge in [-0.2, -0.15) is 0 Å². The number of carboxylic acid groups (broad SMARTS) is 1. The molecule has 2 amide bonds. The Morgan fingerprint density at radius 2 is 2.12 bits per heavy atom. The van der Waals surface area contributed by atoms with E-state index in [1.807, 2.05) is 30.5 Å². The fourth-order valence-electron chi connectivity index (χ4n) is 3.29. The van der Waals surface area contributed by atoms with Gasteiger partial charge in [0.25, 0.3) is 5.91 Å². The van der Waals surface area contributed by atoms with Gasteiger partial charge in [0.2, 0.25) is 5.91 Å². The standard InChI is InChI=1S/C19H22N2O4S/c1-12-5-6-14-15(11-26-16(14)8-12)18(23)20(2)10-17(22)21-7-3-4-13(9-21)19(24)25/h5-6,8,11,13H,3-4,7,9-10H2,1-2H3,(H,24,25). The summed E-state index contributed by atoms with van der Waals surface area (Å²) in [4.78, 5) is 39.4. The Bertz CT molecular complexity index is 860. The third-order valence-corrected chi connectivity index (χ3v) is 5.75. The molecule has 1 aliphatic rings. The monoisotopic (exact) mass is 374 g/mol. The molecule has 0 radical (unpaired) electrons. The van der Waals surface area contributed by atoms with Gasteiger partial charge in [-0.15, -0.1) is 11.3 Å². The van der Waals surface area contributed by atoms with Crippen LogP contribution in [0.15, 0.2) is 23.6 Å². The topological polar surface area (TPSA) is 77.9 Å². The van der Waals surface area contributed by atoms with Crippen molar-refractivity contribution in [3.8, 4) is 0 Å². The van der Waals surface area contributed by atoms with Crippen LogP contribution in [0.1, 0.15) is 28.8 Å². The van der Waals surface area contributed by atoms with Crippen molar-refractivity contribution in [3.63, 3.8) is 0 Å². The number of thiophene rings is 1. The summed E-state index contributed by atoms with van der Waals surface area (Å²) in [5.74, 6) is -1.79. The lowest BCUT2D eigenvalue weighted by Gasteiger charge is -2.32. The zero-order chi connectivity index (χ0) is 18.8. The Labute approximate surface area is 156 Å². The van der Waals surface area contributed by atoms with Crippen LogP contribution in [0.25, 0.3) is 10.1 Å². The van der Waals surface area contributed by atoms with Crippen LogP contribution >= 0.6 is 11.3 Å². The smallest absolute Gasteiger partial charge is 0.308 e. The lowest BCUT2D eigenvalue weighted by atomic mass is 9.98. The van der Waals surface area contributed by atoms with Crippen LogP contribution in [0.5, 0.6) is 0 Å². The number of hydrogen-bond donors (Lipinski definition) is 1. The van der Waals surface area contributed by atoms with Gasteiger partial charge in [0, 0.05) is 35.6 Å². The molecule has 6 nitrogen and oxygen atoms in total. The van der Waals surface area contributed by atoms with E-state index in [0.717, 1.165) is 15.6 Å². The zero-order valence-corrected chi connectivity index (χ0v) is 15.7. The van der Waals surface area contributed by atoms with Gasteiger partial charge in [-0.05, 0) is 31.4 Å². The van der Waals surface area contributed by atoms with Gasteiger partial charge >= 0.3 is 5.97 Å². The third-order valence-electron chi connectivity index (χ3n) is 4.80. The highest BCUT2D eigenvalue weighted by atomic mass is 32.1. The maximum atomic E-state index is 12.8. The number of piperidine rings is 1. The van der Waals surface area contributed by atoms with E-state index in [1.165, 1.54) is 16.2 Å². The number of hydrogen-bond acceptors (Lipinski definition) is 4. The normalized spacial score (nSPS) is 17.3. The summed E-state index contributed by atoms with van der Waals surface area (Å²) in [7, 11) is 1.61. The van der Waals surface area contributed by atoms with Gasteiger partial charge < -0.3 is 14.9 Å². The van der Waals surface area contributed by atoms with E-state index in [9.17, 15) is 14.4 Å². The van der Waals surface area contributed by atoms with Crippen molar-refractivity contribution in [2.75, 3.05) is 26.7 Å². The minimum Gasteiger partial charge on any atom is -0.481 e. The second-order valence-corrected chi connectivity index (χ2v) is 7.74. The van der Waals surface area contributed by atoms with Crippen LogP contribution in [-0.4, -0.2) is 59.4 Å². The van der Waals surface area contributed by atoms with Crippen LogP contribution in [0.2, 0.25) is 0 Å². The van der Waals surface area contributed by atoms with Crippen LogP contribution in [0, 0.1) is 12.8 Å². The Morgan fingerprint density at radius 1 is 1.35 bits per heavy atom. The van der Waals surface area contributed by atoms with Gasteiger partial charge in [0.05, 0.1) is 18.0 Å². The van der Waals surface area contributed by atoms with E-state index in [-0.39, 0.29) is 24.9 Å². The number of likely N-dealkylation sites (N-methyl/N-ethyl adjacent to an activating group) is 1. The Kier molecular flexibility index (Phi) is 5.27. The van der Waals surface area contributed by atoms with Crippen molar-refractivity contribution in [1.29, 1.82) is 0 Å². The Hall–Kier alpha value is -2.41. The molecular weight excluding hydrogens is 352 g/mol. The number of aryl methyl sites for hydroxylation is 1. The van der Waals surface area contributed by atoms with Crippen molar-refractivity contribution >= 4 is 39.2 Å². The molecule has 2 aromatic rings. The highest BCUT2D eigenvalue weighted by Gasteiger charge is 2.29. The number of fused-ring (bicyclic) bond motifs is 1. The minimum absolute atomic E-state index is 0.0472. The summed E-state index contributed by atoms with van der Waals surface area (Å²) in [6.45, 7) is 2.73. The fraction of sp³-hybridized carbons (Fsp3) is 0.421. The molecule has 0 bridgehead atoms. The molecule has 7 heteroatoms. The number of nitrogens with zero attached hydrogens (tertiary/aromatic N) is 2. The van der Waals surface area contributed by atoms with Crippen molar-refractivity contribution in [2.45, 2.75) is 19.8 Å². The number of carbonyl (C=O) groups excluding carboxylic acids is 2. The molecule has 3 rings (SSSR count). The van der Waals surface area contributed by atoms with E-state index in [2.05, 4.69) is 0 Å². The molecule has 1 atom stereocenters. The first-order chi connectivity index (χ1) is 12.4. The molecule has 1 unspecified atom stereocenters. The summed E-state index contributed by atoms with van der Waals surface area (Å²) >= 11 is 1.52. The highest BCUT2D eigenvalue weighted by Crippen LogP contribution is 2.27. The van der Waals surface area contributed by atoms with Gasteiger partial charge in [-0.3, -0.25) is 14.4 Å². The summed E-state index contributed by atoms with van der Waals surface area (Å²) < 4.78 is 1.05. The molecule has 26 heavy (non-hydrogen) atoms. The molecule has 1 saturated heterocycles. The Balaban J connectivity index is 1.68. The first-order valence-corrected chi connectivity index (χ1v) is 9.48. The summed E-state index contributed by atoms with van der Waals surface area (Å²) in [5.41, 5.74) is 1.74. The summed E-state index contributed by atoms with van der Waals surface area (Å²) in [6, 6.07) is 5.95. The molecule has 1 N–H and O–H groups in total. The first-order valence-electron chi connectivity index (χ1n) is 8.60. The predicted molar refractivity (Wildman–Crippen MR) is 100 cm³/mol. The molecule has 2 heterocycles. The van der Waals surface area contributed by atoms with Gasteiger partial charge in [-0.1, -0.05) is 12.1 Å². The number of aliphatic carboxylic acids is 1. The molecule has 1 aromatic heterocycles. The van der Waals surface area contributed by atoms with Crippen molar-refractivity contribution in [2.24, 2.45) is 5.92 Å².